The number of nitrogens with one attached hydrogen (secondary N) is 1. The number of hydrogen-bond donors (Lipinski definition) is 1. The smallest absolute Gasteiger partial charge is 0.134 e. The summed E-state index contributed by atoms with van der Waals surface area (Å²) >= 11 is 3.59. The highest BCUT2D eigenvalue weighted by atomic mass is 32.1. The van der Waals surface area contributed by atoms with Gasteiger partial charge in [0.1, 0.15) is 5.01 Å². The van der Waals surface area contributed by atoms with Crippen LogP contribution in [0.25, 0.3) is 9.88 Å². The van der Waals surface area contributed by atoms with Crippen molar-refractivity contribution in [2.24, 2.45) is 0 Å². The van der Waals surface area contributed by atoms with Crippen molar-refractivity contribution >= 4 is 22.7 Å². The molecular formula is C13H18N2S2. The lowest BCUT2D eigenvalue weighted by atomic mass is 10.2. The molecule has 0 amide bonds. The monoisotopic (exact) mass is 266 g/mol. The van der Waals surface area contributed by atoms with E-state index < -0.39 is 0 Å². The van der Waals surface area contributed by atoms with Crippen LogP contribution in [0.1, 0.15) is 36.0 Å². The van der Waals surface area contributed by atoms with Gasteiger partial charge in [0.2, 0.25) is 0 Å². The third-order valence-electron chi connectivity index (χ3n) is 2.79. The van der Waals surface area contributed by atoms with Gasteiger partial charge in [0, 0.05) is 10.9 Å². The van der Waals surface area contributed by atoms with Gasteiger partial charge in [-0.1, -0.05) is 6.92 Å². The van der Waals surface area contributed by atoms with Crippen LogP contribution in [0.5, 0.6) is 0 Å². The van der Waals surface area contributed by atoms with E-state index in [-0.39, 0.29) is 0 Å². The van der Waals surface area contributed by atoms with Gasteiger partial charge in [0.05, 0.1) is 10.6 Å². The Bertz CT molecular complexity index is 499. The molecule has 92 valence electrons. The normalized spacial score (nSPS) is 12.9. The average molecular weight is 266 g/mol. The molecule has 0 saturated carbocycles. The SMILES string of the molecule is CCNC(C)c1sc(-c2sccc2C)nc1C. The molecule has 2 aromatic heterocycles. The third kappa shape index (κ3) is 2.59. The first-order valence-corrected chi connectivity index (χ1v) is 7.58. The van der Waals surface area contributed by atoms with Crippen molar-refractivity contribution in [3.05, 3.63) is 27.6 Å². The lowest BCUT2D eigenvalue weighted by Gasteiger charge is -2.09. The molecule has 0 aliphatic heterocycles. The summed E-state index contributed by atoms with van der Waals surface area (Å²) in [6, 6.07) is 2.55. The maximum Gasteiger partial charge on any atom is 0.134 e. The predicted molar refractivity (Wildman–Crippen MR) is 77.0 cm³/mol. The van der Waals surface area contributed by atoms with Gasteiger partial charge in [0.25, 0.3) is 0 Å². The van der Waals surface area contributed by atoms with Crippen molar-refractivity contribution in [2.45, 2.75) is 33.7 Å². The van der Waals surface area contributed by atoms with Crippen LogP contribution in [0.15, 0.2) is 11.4 Å². The van der Waals surface area contributed by atoms with Crippen LogP contribution in [-0.2, 0) is 0 Å². The zero-order chi connectivity index (χ0) is 12.4. The zero-order valence-electron chi connectivity index (χ0n) is 10.7. The van der Waals surface area contributed by atoms with Crippen molar-refractivity contribution in [3.8, 4) is 9.88 Å². The summed E-state index contributed by atoms with van der Waals surface area (Å²) < 4.78 is 0. The minimum atomic E-state index is 0.395. The summed E-state index contributed by atoms with van der Waals surface area (Å²) in [5.74, 6) is 0. The van der Waals surface area contributed by atoms with Crippen LogP contribution in [0, 0.1) is 13.8 Å². The predicted octanol–water partition coefficient (Wildman–Crippen LogP) is 4.16. The Morgan fingerprint density at radius 2 is 2.18 bits per heavy atom. The number of rotatable bonds is 4. The number of thiazole rings is 1. The molecule has 1 N–H and O–H groups in total. The molecule has 0 fully saturated rings. The van der Waals surface area contributed by atoms with Gasteiger partial charge >= 0.3 is 0 Å². The topological polar surface area (TPSA) is 24.9 Å². The lowest BCUT2D eigenvalue weighted by molar-refractivity contribution is 0.603. The number of nitrogens with zero attached hydrogens (tertiary/aromatic N) is 1. The fourth-order valence-corrected chi connectivity index (χ4v) is 4.07. The Labute approximate surface area is 111 Å². The number of thiophene rings is 1. The van der Waals surface area contributed by atoms with Crippen molar-refractivity contribution in [1.82, 2.24) is 10.3 Å². The summed E-state index contributed by atoms with van der Waals surface area (Å²) in [4.78, 5) is 7.38. The van der Waals surface area contributed by atoms with E-state index in [0.717, 1.165) is 17.2 Å². The Hall–Kier alpha value is -0.710. The first kappa shape index (κ1) is 12.7. The largest absolute Gasteiger partial charge is 0.310 e. The molecule has 2 aromatic rings. The van der Waals surface area contributed by atoms with E-state index >= 15 is 0 Å². The molecule has 0 aromatic carbocycles. The number of aromatic nitrogens is 1. The van der Waals surface area contributed by atoms with Crippen molar-refractivity contribution in [2.75, 3.05) is 6.54 Å². The molecule has 2 heterocycles. The highest BCUT2D eigenvalue weighted by Crippen LogP contribution is 2.36. The van der Waals surface area contributed by atoms with E-state index in [1.54, 1.807) is 11.3 Å². The highest BCUT2D eigenvalue weighted by Gasteiger charge is 2.15. The molecule has 0 radical (unpaired) electrons. The van der Waals surface area contributed by atoms with Gasteiger partial charge in [-0.3, -0.25) is 0 Å². The van der Waals surface area contributed by atoms with E-state index in [1.807, 2.05) is 11.3 Å². The molecule has 17 heavy (non-hydrogen) atoms. The van der Waals surface area contributed by atoms with Crippen LogP contribution >= 0.6 is 22.7 Å². The maximum atomic E-state index is 4.71. The molecule has 2 nitrogen and oxygen atoms in total. The minimum absolute atomic E-state index is 0.395. The second-order valence-corrected chi connectivity index (χ2v) is 6.13. The first-order chi connectivity index (χ1) is 8.13. The lowest BCUT2D eigenvalue weighted by Crippen LogP contribution is -2.17. The molecule has 0 spiro atoms. The number of hydrogen-bond acceptors (Lipinski definition) is 4. The van der Waals surface area contributed by atoms with Gasteiger partial charge in [-0.25, -0.2) is 4.98 Å². The highest BCUT2D eigenvalue weighted by molar-refractivity contribution is 7.21. The van der Waals surface area contributed by atoms with Crippen LogP contribution in [-0.4, -0.2) is 11.5 Å². The standard InChI is InChI=1S/C13H18N2S2/c1-5-14-9(3)12-10(4)15-13(17-12)11-8(2)6-7-16-11/h6-7,9,14H,5H2,1-4H3. The second-order valence-electron chi connectivity index (χ2n) is 4.18. The summed E-state index contributed by atoms with van der Waals surface area (Å²) in [5, 5.41) is 6.75. The first-order valence-electron chi connectivity index (χ1n) is 5.88. The minimum Gasteiger partial charge on any atom is -0.310 e. The Morgan fingerprint density at radius 1 is 1.41 bits per heavy atom. The van der Waals surface area contributed by atoms with Crippen LogP contribution in [0.3, 0.4) is 0 Å². The van der Waals surface area contributed by atoms with E-state index in [9.17, 15) is 0 Å². The van der Waals surface area contributed by atoms with Crippen molar-refractivity contribution in [3.63, 3.8) is 0 Å². The van der Waals surface area contributed by atoms with Crippen molar-refractivity contribution in [1.29, 1.82) is 0 Å². The Balaban J connectivity index is 2.34. The molecule has 4 heteroatoms. The maximum absolute atomic E-state index is 4.71. The van der Waals surface area contributed by atoms with Gasteiger partial charge in [-0.2, -0.15) is 0 Å². The van der Waals surface area contributed by atoms with E-state index in [2.05, 4.69) is 44.5 Å². The molecule has 1 atom stereocenters. The van der Waals surface area contributed by atoms with E-state index in [0.29, 0.717) is 6.04 Å². The second kappa shape index (κ2) is 5.29. The summed E-state index contributed by atoms with van der Waals surface area (Å²) in [6.07, 6.45) is 0. The van der Waals surface area contributed by atoms with Gasteiger partial charge in [-0.15, -0.1) is 22.7 Å². The fraction of sp³-hybridized carbons (Fsp3) is 0.462. The van der Waals surface area contributed by atoms with Gasteiger partial charge < -0.3 is 5.32 Å². The van der Waals surface area contributed by atoms with E-state index in [4.69, 9.17) is 4.98 Å². The zero-order valence-corrected chi connectivity index (χ0v) is 12.3. The number of aryl methyl sites for hydroxylation is 2. The Morgan fingerprint density at radius 3 is 2.76 bits per heavy atom. The quantitative estimate of drug-likeness (QED) is 0.899. The molecule has 1 unspecified atom stereocenters. The summed E-state index contributed by atoms with van der Waals surface area (Å²) in [5.41, 5.74) is 2.48. The van der Waals surface area contributed by atoms with Crippen LogP contribution < -0.4 is 5.32 Å². The molecule has 0 aliphatic rings. The third-order valence-corrected chi connectivity index (χ3v) is 5.30. The fourth-order valence-electron chi connectivity index (χ4n) is 1.90. The molecular weight excluding hydrogens is 248 g/mol. The molecule has 0 aliphatic carbocycles. The molecule has 0 saturated heterocycles. The van der Waals surface area contributed by atoms with Gasteiger partial charge in [-0.05, 0) is 44.3 Å². The summed E-state index contributed by atoms with van der Waals surface area (Å²) in [6.45, 7) is 9.58. The van der Waals surface area contributed by atoms with Crippen LogP contribution in [0.4, 0.5) is 0 Å². The average Bonchev–Trinajstić information content (AvgIpc) is 2.84. The van der Waals surface area contributed by atoms with E-state index in [1.165, 1.54) is 15.3 Å². The Kier molecular flexibility index (Phi) is 3.97. The van der Waals surface area contributed by atoms with Crippen LogP contribution in [0.2, 0.25) is 0 Å². The molecule has 2 rings (SSSR count). The molecule has 0 bridgehead atoms. The van der Waals surface area contributed by atoms with Gasteiger partial charge in [0.15, 0.2) is 0 Å². The summed E-state index contributed by atoms with van der Waals surface area (Å²) in [7, 11) is 0. The van der Waals surface area contributed by atoms with Crippen molar-refractivity contribution < 1.29 is 0 Å².